The number of esters is 1. The third kappa shape index (κ3) is 5.82. The number of hydrogen-bond donors (Lipinski definition) is 4. The maximum atomic E-state index is 13.6. The van der Waals surface area contributed by atoms with Crippen molar-refractivity contribution in [3.05, 3.63) is 75.3 Å². The van der Waals surface area contributed by atoms with E-state index in [9.17, 15) is 24.6 Å². The first-order valence-corrected chi connectivity index (χ1v) is 17.2. The number of piperazine rings is 1. The van der Waals surface area contributed by atoms with Crippen LogP contribution in [0, 0.1) is 13.8 Å². The van der Waals surface area contributed by atoms with Crippen molar-refractivity contribution >= 4 is 17.8 Å². The molecule has 270 valence electrons. The van der Waals surface area contributed by atoms with Gasteiger partial charge in [-0.2, -0.15) is 0 Å². The number of nitrogens with one attached hydrogen (secondary N) is 2. The Bertz CT molecular complexity index is 1900. The highest BCUT2D eigenvalue weighted by Crippen LogP contribution is 2.58. The number of carbonyl (C=O) groups excluding carboxylic acids is 3. The van der Waals surface area contributed by atoms with Gasteiger partial charge in [0, 0.05) is 41.8 Å². The Morgan fingerprint density at radius 1 is 1.04 bits per heavy atom. The molecule has 3 aromatic rings. The molecule has 6 atom stereocenters. The van der Waals surface area contributed by atoms with E-state index in [1.807, 2.05) is 62.2 Å². The average Bonchev–Trinajstić information content (AvgIpc) is 3.58. The number of phenols is 1. The Labute approximate surface area is 296 Å². The van der Waals surface area contributed by atoms with Crippen LogP contribution in [0.5, 0.6) is 28.7 Å². The van der Waals surface area contributed by atoms with Crippen LogP contribution in [0.3, 0.4) is 0 Å². The molecule has 0 aliphatic carbocycles. The molecule has 13 heteroatoms. The van der Waals surface area contributed by atoms with Crippen LogP contribution in [0.2, 0.25) is 0 Å². The number of aliphatic hydroxyl groups is 1. The average molecular weight is 701 g/mol. The van der Waals surface area contributed by atoms with Gasteiger partial charge in [-0.3, -0.25) is 24.2 Å². The van der Waals surface area contributed by atoms with Gasteiger partial charge in [0.2, 0.25) is 18.6 Å². The lowest BCUT2D eigenvalue weighted by atomic mass is 9.73. The predicted molar refractivity (Wildman–Crippen MR) is 185 cm³/mol. The van der Waals surface area contributed by atoms with Crippen LogP contribution in [-0.4, -0.2) is 89.6 Å². The van der Waals surface area contributed by atoms with Gasteiger partial charge in [-0.1, -0.05) is 36.4 Å². The van der Waals surface area contributed by atoms with E-state index in [0.717, 1.165) is 16.7 Å². The van der Waals surface area contributed by atoms with Crippen molar-refractivity contribution in [2.45, 2.75) is 83.4 Å². The summed E-state index contributed by atoms with van der Waals surface area (Å²) in [7, 11) is 3.47. The number of rotatable bonds is 8. The van der Waals surface area contributed by atoms with E-state index in [-0.39, 0.29) is 37.5 Å². The molecule has 4 aliphatic heterocycles. The van der Waals surface area contributed by atoms with Gasteiger partial charge in [0.1, 0.15) is 18.0 Å². The van der Waals surface area contributed by atoms with Crippen molar-refractivity contribution in [1.29, 1.82) is 0 Å². The first kappa shape index (κ1) is 34.6. The molecule has 0 radical (unpaired) electrons. The summed E-state index contributed by atoms with van der Waals surface area (Å²) >= 11 is 0. The molecule has 2 amide bonds. The predicted octanol–water partition coefficient (Wildman–Crippen LogP) is 2.73. The molecule has 2 bridgehead atoms. The zero-order valence-electron chi connectivity index (χ0n) is 29.6. The van der Waals surface area contributed by atoms with Crippen LogP contribution in [0.25, 0.3) is 0 Å². The highest BCUT2D eigenvalue weighted by atomic mass is 16.7. The van der Waals surface area contributed by atoms with Gasteiger partial charge in [-0.25, -0.2) is 0 Å². The summed E-state index contributed by atoms with van der Waals surface area (Å²) in [5, 5.41) is 29.8. The minimum Gasteiger partial charge on any atom is -0.504 e. The number of aromatic hydroxyl groups is 1. The zero-order valence-corrected chi connectivity index (χ0v) is 29.6. The number of nitrogens with zero attached hydrogens (tertiary/aromatic N) is 2. The topological polar surface area (TPSA) is 159 Å². The number of benzene rings is 3. The van der Waals surface area contributed by atoms with Gasteiger partial charge < -0.3 is 39.8 Å². The number of amides is 2. The number of phenolic OH excluding ortho intramolecular Hbond substituents is 1. The van der Waals surface area contributed by atoms with Gasteiger partial charge in [-0.15, -0.1) is 0 Å². The van der Waals surface area contributed by atoms with Crippen molar-refractivity contribution < 1.29 is 43.5 Å². The molecule has 2 unspecified atom stereocenters. The largest absolute Gasteiger partial charge is 0.504 e. The summed E-state index contributed by atoms with van der Waals surface area (Å²) in [5.41, 5.74) is 5.21. The Kier molecular flexibility index (Phi) is 9.06. The summed E-state index contributed by atoms with van der Waals surface area (Å²) in [4.78, 5) is 43.0. The van der Waals surface area contributed by atoms with Gasteiger partial charge in [-0.05, 0) is 57.4 Å². The van der Waals surface area contributed by atoms with E-state index in [1.54, 1.807) is 6.92 Å². The molecule has 7 rings (SSSR count). The molecule has 4 aliphatic rings. The van der Waals surface area contributed by atoms with E-state index in [0.29, 0.717) is 58.1 Å². The third-order valence-electron chi connectivity index (χ3n) is 10.8. The van der Waals surface area contributed by atoms with E-state index in [1.165, 1.54) is 14.0 Å². The Morgan fingerprint density at radius 2 is 1.76 bits per heavy atom. The number of ether oxygens (including phenoxy) is 4. The Morgan fingerprint density at radius 3 is 2.47 bits per heavy atom. The lowest BCUT2D eigenvalue weighted by Crippen LogP contribution is -2.69. The number of aryl methyl sites for hydroxylation is 1. The molecular formula is C38H44N4O9. The van der Waals surface area contributed by atoms with Crippen LogP contribution >= 0.6 is 0 Å². The van der Waals surface area contributed by atoms with Gasteiger partial charge in [0.25, 0.3) is 0 Å². The van der Waals surface area contributed by atoms with E-state index in [4.69, 9.17) is 18.9 Å². The number of likely N-dealkylation sites (N-methyl/N-ethyl adjacent to an activating group) is 1. The summed E-state index contributed by atoms with van der Waals surface area (Å²) in [6.45, 7) is 6.63. The van der Waals surface area contributed by atoms with E-state index in [2.05, 4.69) is 15.5 Å². The fraction of sp³-hybridized carbons (Fsp3) is 0.447. The van der Waals surface area contributed by atoms with Crippen molar-refractivity contribution in [3.63, 3.8) is 0 Å². The van der Waals surface area contributed by atoms with E-state index < -0.39 is 42.3 Å². The number of carbonyl (C=O) groups is 3. The molecule has 0 spiro atoms. The second-order valence-corrected chi connectivity index (χ2v) is 13.9. The molecule has 1 fully saturated rings. The van der Waals surface area contributed by atoms with Crippen molar-refractivity contribution in [2.75, 3.05) is 27.5 Å². The normalized spacial score (nSPS) is 23.7. The van der Waals surface area contributed by atoms with E-state index >= 15 is 0 Å². The highest BCUT2D eigenvalue weighted by Gasteiger charge is 2.56. The second kappa shape index (κ2) is 13.4. The smallest absolute Gasteiger partial charge is 0.308 e. The lowest BCUT2D eigenvalue weighted by Gasteiger charge is -2.60. The van der Waals surface area contributed by atoms with Gasteiger partial charge >= 0.3 is 5.97 Å². The summed E-state index contributed by atoms with van der Waals surface area (Å²) < 4.78 is 23.5. The first-order valence-electron chi connectivity index (χ1n) is 17.2. The van der Waals surface area contributed by atoms with Crippen LogP contribution in [-0.2, 0) is 33.6 Å². The maximum absolute atomic E-state index is 13.6. The van der Waals surface area contributed by atoms with Crippen molar-refractivity contribution in [1.82, 2.24) is 20.4 Å². The highest BCUT2D eigenvalue weighted by molar-refractivity contribution is 5.88. The maximum Gasteiger partial charge on any atom is 0.308 e. The minimum atomic E-state index is -0.997. The molecule has 3 aromatic carbocycles. The first-order chi connectivity index (χ1) is 24.4. The molecule has 0 aromatic heterocycles. The van der Waals surface area contributed by atoms with Gasteiger partial charge in [0.15, 0.2) is 23.0 Å². The third-order valence-corrected chi connectivity index (χ3v) is 10.8. The monoisotopic (exact) mass is 700 g/mol. The Hall–Kier alpha value is -4.85. The fourth-order valence-electron chi connectivity index (χ4n) is 8.61. The molecule has 4 N–H and O–H groups in total. The Balaban J connectivity index is 1.29. The summed E-state index contributed by atoms with van der Waals surface area (Å²) in [5.74, 6) is 0.494. The second-order valence-electron chi connectivity index (χ2n) is 13.9. The number of methoxy groups -OCH3 is 1. The molecule has 1 saturated heterocycles. The van der Waals surface area contributed by atoms with Crippen LogP contribution < -0.4 is 29.6 Å². The van der Waals surface area contributed by atoms with Gasteiger partial charge in [0.05, 0.1) is 31.7 Å². The SMILES string of the molecule is COc1c(C)cc2c(c1O)[C@@H]1C3Cc4c(OC(C)=O)c(C)c5c(c4[C@H](CNC(=O)[C@H](C)NC(=O)Cc4ccccc4)N3[C@@H](O)C(C2)N1C)OCO5. The van der Waals surface area contributed by atoms with Crippen LogP contribution in [0.4, 0.5) is 0 Å². The quantitative estimate of drug-likeness (QED) is 0.202. The number of aliphatic hydroxyl groups excluding tert-OH is 1. The molecule has 0 saturated carbocycles. The lowest BCUT2D eigenvalue weighted by molar-refractivity contribution is -0.172. The molecule has 51 heavy (non-hydrogen) atoms. The van der Waals surface area contributed by atoms with Crippen LogP contribution in [0.15, 0.2) is 36.4 Å². The minimum absolute atomic E-state index is 0.0237. The molecule has 4 heterocycles. The van der Waals surface area contributed by atoms with Crippen LogP contribution in [0.1, 0.15) is 64.9 Å². The van der Waals surface area contributed by atoms with Crippen molar-refractivity contribution in [2.24, 2.45) is 0 Å². The number of fused-ring (bicyclic) bond motifs is 9. The summed E-state index contributed by atoms with van der Waals surface area (Å²) in [6.07, 6.45) is -0.0818. The summed E-state index contributed by atoms with van der Waals surface area (Å²) in [6, 6.07) is 8.55. The molecular weight excluding hydrogens is 656 g/mol. The standard InChI is InChI=1S/C38H44N4O9/c1-18-12-23-14-26-38(47)42-25(31(41(26)5)29(23)32(45)33(18)48-6)15-24-30(36-35(49-17-50-36)19(2)34(24)51-21(4)43)27(42)16-39-37(46)20(3)40-28(44)13-22-10-8-7-9-11-22/h7-12,20,25-27,31,38,45,47H,13-17H2,1-6H3,(H,39,46)(H,40,44)/t20-,25?,26?,27-,31-,38-/m0/s1. The fourth-order valence-corrected chi connectivity index (χ4v) is 8.61. The van der Waals surface area contributed by atoms with Crippen molar-refractivity contribution in [3.8, 4) is 28.7 Å². The zero-order chi connectivity index (χ0) is 36.3. The molecule has 13 nitrogen and oxygen atoms in total. The number of hydrogen-bond acceptors (Lipinski definition) is 11.